The molecule has 0 fully saturated rings. The summed E-state index contributed by atoms with van der Waals surface area (Å²) in [5, 5.41) is 14.1. The molecule has 26 heavy (non-hydrogen) atoms. The van der Waals surface area contributed by atoms with Crippen LogP contribution in [-0.2, 0) is 0 Å². The lowest BCUT2D eigenvalue weighted by molar-refractivity contribution is -0.947. The first-order valence-electron chi connectivity index (χ1n) is 12.0. The zero-order valence-electron chi connectivity index (χ0n) is 19.2. The lowest BCUT2D eigenvalue weighted by Gasteiger charge is -2.56. The van der Waals surface area contributed by atoms with E-state index in [0.717, 1.165) is 19.3 Å². The van der Waals surface area contributed by atoms with Gasteiger partial charge in [0, 0.05) is 0 Å². The molecule has 0 aliphatic rings. The van der Waals surface area contributed by atoms with Crippen molar-refractivity contribution in [3.05, 3.63) is 5.21 Å². The van der Waals surface area contributed by atoms with Gasteiger partial charge in [0.15, 0.2) is 0 Å². The van der Waals surface area contributed by atoms with Crippen LogP contribution in [0, 0.1) is 5.21 Å². The highest BCUT2D eigenvalue weighted by atomic mass is 16.6. The number of rotatable bonds is 18. The Balaban J connectivity index is 4.80. The lowest BCUT2D eigenvalue weighted by atomic mass is 9.97. The molecule has 0 rings (SSSR count). The van der Waals surface area contributed by atoms with Crippen molar-refractivity contribution >= 4 is 0 Å². The molecule has 0 spiro atoms. The molecule has 0 aliphatic heterocycles. The molecule has 3 unspecified atom stereocenters. The molecule has 0 aliphatic carbocycles. The van der Waals surface area contributed by atoms with Crippen LogP contribution in [0.4, 0.5) is 0 Å². The van der Waals surface area contributed by atoms with Crippen LogP contribution in [-0.4, -0.2) is 22.8 Å². The molecule has 158 valence electrons. The van der Waals surface area contributed by atoms with E-state index in [2.05, 4.69) is 41.5 Å². The minimum Gasteiger partial charge on any atom is -0.632 e. The average Bonchev–Trinajstić information content (AvgIpc) is 2.64. The number of hydroxylamine groups is 3. The van der Waals surface area contributed by atoms with E-state index in [1.165, 1.54) is 77.0 Å². The van der Waals surface area contributed by atoms with E-state index in [1.54, 1.807) is 0 Å². The maximum atomic E-state index is 14.1. The molecule has 0 amide bonds. The molecule has 0 saturated carbocycles. The molecular weight excluding hydrogens is 318 g/mol. The highest BCUT2D eigenvalue weighted by molar-refractivity contribution is 4.69. The van der Waals surface area contributed by atoms with Crippen molar-refractivity contribution in [2.75, 3.05) is 0 Å². The van der Waals surface area contributed by atoms with E-state index in [9.17, 15) is 5.21 Å². The normalized spacial score (nSPS) is 17.7. The predicted molar refractivity (Wildman–Crippen MR) is 118 cm³/mol. The topological polar surface area (TPSA) is 23.1 Å². The predicted octanol–water partition coefficient (Wildman–Crippen LogP) is 8.38. The van der Waals surface area contributed by atoms with Gasteiger partial charge in [0.25, 0.3) is 0 Å². The van der Waals surface area contributed by atoms with Crippen molar-refractivity contribution in [2.24, 2.45) is 0 Å². The summed E-state index contributed by atoms with van der Waals surface area (Å²) in [7, 11) is 0. The minimum absolute atomic E-state index is 0.0599. The van der Waals surface area contributed by atoms with Gasteiger partial charge in [-0.2, -0.15) is 0 Å². The summed E-state index contributed by atoms with van der Waals surface area (Å²) in [6.07, 6.45) is 18.6. The smallest absolute Gasteiger partial charge is 0.0862 e. The van der Waals surface area contributed by atoms with E-state index in [4.69, 9.17) is 0 Å². The fraction of sp³-hybridized carbons (Fsp3) is 1.00. The zero-order valence-corrected chi connectivity index (χ0v) is 19.2. The van der Waals surface area contributed by atoms with Crippen molar-refractivity contribution < 1.29 is 4.65 Å². The third kappa shape index (κ3) is 9.74. The molecule has 3 atom stereocenters. The second-order valence-electron chi connectivity index (χ2n) is 8.86. The van der Waals surface area contributed by atoms with Gasteiger partial charge in [-0.05, 0) is 59.3 Å². The van der Waals surface area contributed by atoms with Gasteiger partial charge < -0.3 is 9.85 Å². The molecule has 0 heterocycles. The molecule has 0 saturated heterocycles. The Morgan fingerprint density at radius 1 is 0.500 bits per heavy atom. The summed E-state index contributed by atoms with van der Waals surface area (Å²) in [6, 6.07) is 0.734. The summed E-state index contributed by atoms with van der Waals surface area (Å²) >= 11 is 0. The largest absolute Gasteiger partial charge is 0.632 e. The van der Waals surface area contributed by atoms with Crippen molar-refractivity contribution in [3.8, 4) is 0 Å². The van der Waals surface area contributed by atoms with Crippen LogP contribution in [0.1, 0.15) is 138 Å². The van der Waals surface area contributed by atoms with Crippen molar-refractivity contribution in [2.45, 2.75) is 156 Å². The van der Waals surface area contributed by atoms with Crippen LogP contribution in [0.5, 0.6) is 0 Å². The fourth-order valence-electron chi connectivity index (χ4n) is 4.51. The average molecular weight is 370 g/mol. The molecule has 0 aromatic rings. The first-order valence-corrected chi connectivity index (χ1v) is 12.0. The van der Waals surface area contributed by atoms with Crippen LogP contribution in [0.25, 0.3) is 0 Å². The van der Waals surface area contributed by atoms with Gasteiger partial charge in [-0.15, -0.1) is 0 Å². The third-order valence-corrected chi connectivity index (χ3v) is 6.49. The van der Waals surface area contributed by atoms with Crippen LogP contribution in [0.15, 0.2) is 0 Å². The Hall–Kier alpha value is -0.0800. The Labute approximate surface area is 166 Å². The zero-order chi connectivity index (χ0) is 19.8. The van der Waals surface area contributed by atoms with Gasteiger partial charge in [0.05, 0.1) is 18.1 Å². The standard InChI is InChI=1S/C24H51NO/c1-7-10-13-16-19-22(4)25(26,23(5)20-17-14-11-8-2)24(6)21-18-15-12-9-3/h22-24H,7-21H2,1-6H3. The fourth-order valence-corrected chi connectivity index (χ4v) is 4.51. The molecule has 0 radical (unpaired) electrons. The van der Waals surface area contributed by atoms with Crippen molar-refractivity contribution in [3.63, 3.8) is 0 Å². The number of hydrogen-bond acceptors (Lipinski definition) is 1. The second-order valence-corrected chi connectivity index (χ2v) is 8.86. The van der Waals surface area contributed by atoms with Crippen LogP contribution in [0.2, 0.25) is 0 Å². The van der Waals surface area contributed by atoms with Crippen molar-refractivity contribution in [1.29, 1.82) is 0 Å². The summed E-state index contributed by atoms with van der Waals surface area (Å²) in [5.74, 6) is 0. The van der Waals surface area contributed by atoms with Crippen LogP contribution < -0.4 is 0 Å². The highest BCUT2D eigenvalue weighted by Crippen LogP contribution is 2.31. The third-order valence-electron chi connectivity index (χ3n) is 6.49. The molecule has 0 N–H and O–H groups in total. The van der Waals surface area contributed by atoms with Crippen LogP contribution >= 0.6 is 0 Å². The SMILES string of the molecule is CCCCCCC(C)[N+]([O-])(C(C)CCCCCC)C(C)CCCCCC. The first-order chi connectivity index (χ1) is 12.4. The highest BCUT2D eigenvalue weighted by Gasteiger charge is 2.35. The quantitative estimate of drug-likeness (QED) is 0.135. The Morgan fingerprint density at radius 3 is 1.00 bits per heavy atom. The van der Waals surface area contributed by atoms with E-state index < -0.39 is 0 Å². The van der Waals surface area contributed by atoms with E-state index in [0.29, 0.717) is 0 Å². The molecule has 2 heteroatoms. The number of hydrogen-bond donors (Lipinski definition) is 0. The van der Waals surface area contributed by atoms with Crippen molar-refractivity contribution in [1.82, 2.24) is 0 Å². The van der Waals surface area contributed by atoms with Gasteiger partial charge in [0.2, 0.25) is 0 Å². The molecule has 0 aromatic heterocycles. The van der Waals surface area contributed by atoms with Crippen LogP contribution in [0.3, 0.4) is 0 Å². The van der Waals surface area contributed by atoms with E-state index in [1.807, 2.05) is 0 Å². The van der Waals surface area contributed by atoms with Gasteiger partial charge in [0.1, 0.15) is 0 Å². The van der Waals surface area contributed by atoms with Gasteiger partial charge in [-0.1, -0.05) is 78.6 Å². The van der Waals surface area contributed by atoms with E-state index in [-0.39, 0.29) is 22.8 Å². The van der Waals surface area contributed by atoms with Gasteiger partial charge >= 0.3 is 0 Å². The first kappa shape index (κ1) is 25.9. The van der Waals surface area contributed by atoms with Gasteiger partial charge in [-0.3, -0.25) is 0 Å². The maximum Gasteiger partial charge on any atom is 0.0862 e. The molecule has 0 bridgehead atoms. The monoisotopic (exact) mass is 369 g/mol. The summed E-state index contributed by atoms with van der Waals surface area (Å²) in [4.78, 5) is 0. The molecule has 0 aromatic carbocycles. The number of nitrogens with zero attached hydrogens (tertiary/aromatic N) is 1. The molecule has 2 nitrogen and oxygen atoms in total. The number of unbranched alkanes of at least 4 members (excludes halogenated alkanes) is 9. The molecular formula is C24H51NO. The lowest BCUT2D eigenvalue weighted by Crippen LogP contribution is -2.60. The second kappa shape index (κ2) is 15.9. The van der Waals surface area contributed by atoms with Gasteiger partial charge in [-0.25, -0.2) is 0 Å². The van der Waals surface area contributed by atoms with E-state index >= 15 is 0 Å². The summed E-state index contributed by atoms with van der Waals surface area (Å²) in [6.45, 7) is 13.5. The maximum absolute atomic E-state index is 14.1. The minimum atomic E-state index is 0.0599. The Morgan fingerprint density at radius 2 is 0.769 bits per heavy atom. The number of quaternary nitrogens is 1. The summed E-state index contributed by atoms with van der Waals surface area (Å²) in [5.41, 5.74) is 0. The Bertz CT molecular complexity index is 259. The Kier molecular flexibility index (Phi) is 15.9. The summed E-state index contributed by atoms with van der Waals surface area (Å²) < 4.78 is 0.0599.